The Morgan fingerprint density at radius 2 is 1.74 bits per heavy atom. The quantitative estimate of drug-likeness (QED) is 0.878. The molecule has 7 heteroatoms. The van der Waals surface area contributed by atoms with Gasteiger partial charge < -0.3 is 5.32 Å². The van der Waals surface area contributed by atoms with Crippen molar-refractivity contribution in [2.45, 2.75) is 38.1 Å². The highest BCUT2D eigenvalue weighted by atomic mass is 32.2. The standard InChI is InChI=1S/C16H22N4O2S/c1-5-17-15-11-10-13(18-19-15)12-8-6-7-9-14(12)23(21,22)20-16(2,3)4/h6-11,20H,5H2,1-4H3,(H,17,19). The molecule has 0 amide bonds. The van der Waals surface area contributed by atoms with Gasteiger partial charge in [0.05, 0.1) is 10.6 Å². The predicted octanol–water partition coefficient (Wildman–Crippen LogP) is 2.65. The van der Waals surface area contributed by atoms with Crippen molar-refractivity contribution in [3.63, 3.8) is 0 Å². The second kappa shape index (κ2) is 6.64. The van der Waals surface area contributed by atoms with Crippen molar-refractivity contribution in [3.05, 3.63) is 36.4 Å². The topological polar surface area (TPSA) is 84.0 Å². The Labute approximate surface area is 137 Å². The van der Waals surface area contributed by atoms with Crippen molar-refractivity contribution in [2.24, 2.45) is 0 Å². The predicted molar refractivity (Wildman–Crippen MR) is 91.7 cm³/mol. The van der Waals surface area contributed by atoms with Gasteiger partial charge in [-0.1, -0.05) is 18.2 Å². The monoisotopic (exact) mass is 334 g/mol. The number of benzene rings is 1. The van der Waals surface area contributed by atoms with Gasteiger partial charge in [-0.15, -0.1) is 10.2 Å². The van der Waals surface area contributed by atoms with E-state index in [0.717, 1.165) is 6.54 Å². The Hall–Kier alpha value is -1.99. The van der Waals surface area contributed by atoms with Crippen LogP contribution in [0.4, 0.5) is 5.82 Å². The first kappa shape index (κ1) is 17.4. The summed E-state index contributed by atoms with van der Waals surface area (Å²) in [7, 11) is -3.65. The maximum Gasteiger partial charge on any atom is 0.241 e. The zero-order chi connectivity index (χ0) is 17.1. The smallest absolute Gasteiger partial charge is 0.241 e. The van der Waals surface area contributed by atoms with E-state index in [1.54, 1.807) is 57.2 Å². The van der Waals surface area contributed by atoms with Gasteiger partial charge in [0.15, 0.2) is 0 Å². The molecule has 0 bridgehead atoms. The number of hydrogen-bond acceptors (Lipinski definition) is 5. The molecule has 0 aliphatic carbocycles. The Morgan fingerprint density at radius 1 is 1.04 bits per heavy atom. The van der Waals surface area contributed by atoms with Crippen molar-refractivity contribution in [3.8, 4) is 11.3 Å². The maximum absolute atomic E-state index is 12.6. The van der Waals surface area contributed by atoms with Crippen molar-refractivity contribution in [2.75, 3.05) is 11.9 Å². The molecule has 1 aromatic heterocycles. The van der Waals surface area contributed by atoms with E-state index in [0.29, 0.717) is 17.1 Å². The van der Waals surface area contributed by atoms with E-state index in [4.69, 9.17) is 0 Å². The summed E-state index contributed by atoms with van der Waals surface area (Å²) in [5.74, 6) is 0.657. The van der Waals surface area contributed by atoms with Gasteiger partial charge in [-0.2, -0.15) is 0 Å². The molecule has 124 valence electrons. The van der Waals surface area contributed by atoms with E-state index in [1.807, 2.05) is 6.92 Å². The fourth-order valence-electron chi connectivity index (χ4n) is 2.12. The summed E-state index contributed by atoms with van der Waals surface area (Å²) in [6.07, 6.45) is 0. The number of nitrogens with one attached hydrogen (secondary N) is 2. The number of anilines is 1. The van der Waals surface area contributed by atoms with Gasteiger partial charge >= 0.3 is 0 Å². The van der Waals surface area contributed by atoms with Gasteiger partial charge in [0.2, 0.25) is 10.0 Å². The van der Waals surface area contributed by atoms with Crippen LogP contribution in [0, 0.1) is 0 Å². The lowest BCUT2D eigenvalue weighted by atomic mass is 10.1. The lowest BCUT2D eigenvalue weighted by Gasteiger charge is -2.21. The number of sulfonamides is 1. The van der Waals surface area contributed by atoms with E-state index >= 15 is 0 Å². The molecule has 0 saturated heterocycles. The van der Waals surface area contributed by atoms with Crippen LogP contribution in [0.25, 0.3) is 11.3 Å². The number of hydrogen-bond donors (Lipinski definition) is 2. The fraction of sp³-hybridized carbons (Fsp3) is 0.375. The molecule has 0 unspecified atom stereocenters. The summed E-state index contributed by atoms with van der Waals surface area (Å²) in [5.41, 5.74) is 0.480. The molecule has 0 radical (unpaired) electrons. The average molecular weight is 334 g/mol. The maximum atomic E-state index is 12.6. The third-order valence-electron chi connectivity index (χ3n) is 2.92. The molecule has 1 aromatic carbocycles. The first-order valence-electron chi connectivity index (χ1n) is 7.44. The zero-order valence-corrected chi connectivity index (χ0v) is 14.6. The average Bonchev–Trinajstić information content (AvgIpc) is 2.46. The molecule has 2 N–H and O–H groups in total. The van der Waals surface area contributed by atoms with E-state index in [9.17, 15) is 8.42 Å². The largest absolute Gasteiger partial charge is 0.369 e. The molecule has 0 saturated carbocycles. The van der Waals surface area contributed by atoms with Crippen LogP contribution in [0.15, 0.2) is 41.3 Å². The molecule has 23 heavy (non-hydrogen) atoms. The van der Waals surface area contributed by atoms with Crippen molar-refractivity contribution in [1.29, 1.82) is 0 Å². The summed E-state index contributed by atoms with van der Waals surface area (Å²) in [6, 6.07) is 10.3. The van der Waals surface area contributed by atoms with Crippen molar-refractivity contribution in [1.82, 2.24) is 14.9 Å². The second-order valence-electron chi connectivity index (χ2n) is 6.19. The van der Waals surface area contributed by atoms with Crippen LogP contribution in [0.3, 0.4) is 0 Å². The van der Waals surface area contributed by atoms with Gasteiger partial charge in [0, 0.05) is 17.6 Å². The van der Waals surface area contributed by atoms with Gasteiger partial charge in [-0.3, -0.25) is 0 Å². The highest BCUT2D eigenvalue weighted by Crippen LogP contribution is 2.26. The first-order valence-corrected chi connectivity index (χ1v) is 8.92. The van der Waals surface area contributed by atoms with Crippen LogP contribution in [0.5, 0.6) is 0 Å². The number of aromatic nitrogens is 2. The summed E-state index contributed by atoms with van der Waals surface area (Å²) in [6.45, 7) is 8.12. The Kier molecular flexibility index (Phi) is 5.01. The SMILES string of the molecule is CCNc1ccc(-c2ccccc2S(=O)(=O)NC(C)(C)C)nn1. The second-order valence-corrected chi connectivity index (χ2v) is 7.84. The van der Waals surface area contributed by atoms with Gasteiger partial charge in [0.1, 0.15) is 5.82 Å². The highest BCUT2D eigenvalue weighted by Gasteiger charge is 2.25. The third-order valence-corrected chi connectivity index (χ3v) is 4.73. The van der Waals surface area contributed by atoms with Gasteiger partial charge in [-0.25, -0.2) is 13.1 Å². The molecule has 0 atom stereocenters. The van der Waals surface area contributed by atoms with E-state index < -0.39 is 15.6 Å². The molecule has 6 nitrogen and oxygen atoms in total. The summed E-state index contributed by atoms with van der Waals surface area (Å²) >= 11 is 0. The van der Waals surface area contributed by atoms with Crippen molar-refractivity contribution >= 4 is 15.8 Å². The lowest BCUT2D eigenvalue weighted by Crippen LogP contribution is -2.40. The molecule has 0 spiro atoms. The van der Waals surface area contributed by atoms with Crippen LogP contribution in [-0.4, -0.2) is 30.7 Å². The summed E-state index contributed by atoms with van der Waals surface area (Å²) in [4.78, 5) is 0.195. The Balaban J connectivity index is 2.45. The summed E-state index contributed by atoms with van der Waals surface area (Å²) < 4.78 is 27.9. The molecular formula is C16H22N4O2S. The van der Waals surface area contributed by atoms with Crippen molar-refractivity contribution < 1.29 is 8.42 Å². The minimum atomic E-state index is -3.65. The molecule has 0 aliphatic heterocycles. The third kappa shape index (κ3) is 4.49. The highest BCUT2D eigenvalue weighted by molar-refractivity contribution is 7.89. The molecular weight excluding hydrogens is 312 g/mol. The minimum Gasteiger partial charge on any atom is -0.369 e. The number of nitrogens with zero attached hydrogens (tertiary/aromatic N) is 2. The molecule has 2 rings (SSSR count). The van der Waals surface area contributed by atoms with E-state index in [2.05, 4.69) is 20.2 Å². The Bertz CT molecular complexity index is 765. The minimum absolute atomic E-state index is 0.195. The number of rotatable bonds is 5. The van der Waals surface area contributed by atoms with Crippen LogP contribution in [0.1, 0.15) is 27.7 Å². The van der Waals surface area contributed by atoms with Crippen LogP contribution in [0.2, 0.25) is 0 Å². The van der Waals surface area contributed by atoms with Gasteiger partial charge in [-0.05, 0) is 45.9 Å². The normalized spacial score (nSPS) is 12.2. The van der Waals surface area contributed by atoms with Crippen LogP contribution < -0.4 is 10.0 Å². The van der Waals surface area contributed by atoms with Gasteiger partial charge in [0.25, 0.3) is 0 Å². The zero-order valence-electron chi connectivity index (χ0n) is 13.8. The van der Waals surface area contributed by atoms with E-state index in [-0.39, 0.29) is 4.90 Å². The molecule has 0 fully saturated rings. The first-order chi connectivity index (χ1) is 10.7. The molecule has 2 aromatic rings. The lowest BCUT2D eigenvalue weighted by molar-refractivity contribution is 0.491. The fourth-order valence-corrected chi connectivity index (χ4v) is 3.76. The van der Waals surface area contributed by atoms with Crippen LogP contribution >= 0.6 is 0 Å². The summed E-state index contributed by atoms with van der Waals surface area (Å²) in [5, 5.41) is 11.3. The molecule has 1 heterocycles. The molecule has 0 aliphatic rings. The Morgan fingerprint density at radius 3 is 2.30 bits per heavy atom. The van der Waals surface area contributed by atoms with E-state index in [1.165, 1.54) is 0 Å². The van der Waals surface area contributed by atoms with Crippen LogP contribution in [-0.2, 0) is 10.0 Å².